The van der Waals surface area contributed by atoms with Crippen LogP contribution < -0.4 is 10.2 Å². The van der Waals surface area contributed by atoms with E-state index >= 15 is 4.39 Å². The van der Waals surface area contributed by atoms with Gasteiger partial charge in [0.2, 0.25) is 0 Å². The maximum absolute atomic E-state index is 15.4. The van der Waals surface area contributed by atoms with Crippen molar-refractivity contribution in [2.24, 2.45) is 5.92 Å². The van der Waals surface area contributed by atoms with E-state index in [1.54, 1.807) is 19.9 Å². The minimum absolute atomic E-state index is 0.169. The van der Waals surface area contributed by atoms with Crippen molar-refractivity contribution in [3.05, 3.63) is 70.9 Å². The Balaban J connectivity index is 1.82. The van der Waals surface area contributed by atoms with Gasteiger partial charge >= 0.3 is 0 Å². The Morgan fingerprint density at radius 2 is 1.78 bits per heavy atom. The topological polar surface area (TPSA) is 41.1 Å². The highest BCUT2D eigenvalue weighted by molar-refractivity contribution is 5.94. The van der Waals surface area contributed by atoms with Gasteiger partial charge in [0.15, 0.2) is 0 Å². The molecule has 0 unspecified atom stereocenters. The molecule has 1 aromatic heterocycles. The quantitative estimate of drug-likeness (QED) is 0.360. The number of rotatable bonds is 7. The highest BCUT2D eigenvalue weighted by atomic mass is 19.3. The third-order valence-corrected chi connectivity index (χ3v) is 7.90. The first-order valence-corrected chi connectivity index (χ1v) is 12.6. The molecule has 0 spiro atoms. The van der Waals surface area contributed by atoms with Gasteiger partial charge in [-0.1, -0.05) is 52.5 Å². The van der Waals surface area contributed by atoms with E-state index in [0.717, 1.165) is 41.2 Å². The zero-order valence-corrected chi connectivity index (χ0v) is 22.1. The summed E-state index contributed by atoms with van der Waals surface area (Å²) in [6.45, 7) is 15.1. The Morgan fingerprint density at radius 3 is 2.39 bits per heavy atom. The largest absolute Gasteiger partial charge is 0.363 e. The number of aryl methyl sites for hydroxylation is 1. The number of hydrogen-bond acceptors (Lipinski definition) is 4. The van der Waals surface area contributed by atoms with Crippen molar-refractivity contribution in [2.45, 2.75) is 71.8 Å². The third-order valence-electron chi connectivity index (χ3n) is 7.90. The Bertz CT molecular complexity index is 1330. The number of alkyl halides is 2. The lowest BCUT2D eigenvalue weighted by atomic mass is 9.75. The molecule has 0 saturated heterocycles. The number of allylic oxidation sites excluding steroid dienone is 1. The standard InChI is InChI=1S/C29H35F3N4/c1-9-28(10-2)18(6)36(8)25-15-24-21(14-23(25)28)27(35-19(7)34-24)33-17(5)20-12-11-13-22(26(20)30)29(31,32)16(3)4/h11-17H,6,9-10H2,1-5,7-8H3,(H,33,34,35)/t17-/m1/s1. The van der Waals surface area contributed by atoms with Crippen molar-refractivity contribution in [3.63, 3.8) is 0 Å². The van der Waals surface area contributed by atoms with Crippen LogP contribution in [-0.4, -0.2) is 17.0 Å². The van der Waals surface area contributed by atoms with E-state index in [2.05, 4.69) is 52.7 Å². The first-order chi connectivity index (χ1) is 16.9. The third kappa shape index (κ3) is 3.84. The van der Waals surface area contributed by atoms with Crippen LogP contribution in [0.2, 0.25) is 0 Å². The fourth-order valence-corrected chi connectivity index (χ4v) is 5.45. The fourth-order valence-electron chi connectivity index (χ4n) is 5.45. The smallest absolute Gasteiger partial charge is 0.278 e. The normalized spacial score (nSPS) is 16.1. The lowest BCUT2D eigenvalue weighted by Crippen LogP contribution is -2.27. The van der Waals surface area contributed by atoms with E-state index in [0.29, 0.717) is 11.6 Å². The highest BCUT2D eigenvalue weighted by Crippen LogP contribution is 2.52. The molecule has 0 fully saturated rings. The summed E-state index contributed by atoms with van der Waals surface area (Å²) >= 11 is 0. The molecule has 7 heteroatoms. The van der Waals surface area contributed by atoms with Crippen LogP contribution >= 0.6 is 0 Å². The SMILES string of the molecule is C=C1N(C)c2cc3nc(C)nc(N[C@H](C)c4cccc(C(F)(F)C(C)C)c4F)c3cc2C1(CC)CC. The maximum Gasteiger partial charge on any atom is 0.278 e. The number of hydrogen-bond donors (Lipinski definition) is 1. The van der Waals surface area contributed by atoms with Crippen LogP contribution in [0.15, 0.2) is 42.6 Å². The van der Waals surface area contributed by atoms with Gasteiger partial charge in [0.1, 0.15) is 17.5 Å². The molecule has 1 aliphatic heterocycles. The van der Waals surface area contributed by atoms with Crippen molar-refractivity contribution in [1.29, 1.82) is 0 Å². The average Bonchev–Trinajstić information content (AvgIpc) is 3.03. The Kier molecular flexibility index (Phi) is 6.56. The van der Waals surface area contributed by atoms with Crippen LogP contribution in [0.25, 0.3) is 10.9 Å². The highest BCUT2D eigenvalue weighted by Gasteiger charge is 2.43. The molecule has 0 radical (unpaired) electrons. The second-order valence-corrected chi connectivity index (χ2v) is 10.2. The number of halogens is 3. The van der Waals surface area contributed by atoms with Crippen LogP contribution in [0.3, 0.4) is 0 Å². The molecule has 4 nitrogen and oxygen atoms in total. The molecule has 3 aromatic rings. The van der Waals surface area contributed by atoms with Crippen LogP contribution in [0.1, 0.15) is 76.0 Å². The molecule has 2 heterocycles. The summed E-state index contributed by atoms with van der Waals surface area (Å²) in [4.78, 5) is 11.4. The van der Waals surface area contributed by atoms with E-state index < -0.39 is 29.3 Å². The van der Waals surface area contributed by atoms with Crippen molar-refractivity contribution < 1.29 is 13.2 Å². The summed E-state index contributed by atoms with van der Waals surface area (Å²) in [6, 6.07) is 7.75. The summed E-state index contributed by atoms with van der Waals surface area (Å²) in [7, 11) is 2.03. The number of likely N-dealkylation sites (N-methyl/N-ethyl adjacent to an activating group) is 1. The molecule has 2 aromatic carbocycles. The second-order valence-electron chi connectivity index (χ2n) is 10.2. The van der Waals surface area contributed by atoms with E-state index in [1.807, 2.05) is 7.05 Å². The lowest BCUT2D eigenvalue weighted by molar-refractivity contribution is -0.0545. The molecular formula is C29H35F3N4. The molecule has 1 aliphatic rings. The van der Waals surface area contributed by atoms with Crippen molar-refractivity contribution in [1.82, 2.24) is 9.97 Å². The molecule has 4 rings (SSSR count). The predicted molar refractivity (Wildman–Crippen MR) is 141 cm³/mol. The summed E-state index contributed by atoms with van der Waals surface area (Å²) in [5, 5.41) is 4.11. The Morgan fingerprint density at radius 1 is 1.11 bits per heavy atom. The minimum atomic E-state index is -3.27. The van der Waals surface area contributed by atoms with Gasteiger partial charge in [0.05, 0.1) is 17.1 Å². The molecule has 0 saturated carbocycles. The van der Waals surface area contributed by atoms with Crippen molar-refractivity contribution in [3.8, 4) is 0 Å². The molecule has 36 heavy (non-hydrogen) atoms. The van der Waals surface area contributed by atoms with Gasteiger partial charge in [-0.05, 0) is 44.4 Å². The second kappa shape index (κ2) is 9.09. The minimum Gasteiger partial charge on any atom is -0.363 e. The molecule has 1 N–H and O–H groups in total. The molecule has 0 aliphatic carbocycles. The molecule has 0 bridgehead atoms. The zero-order valence-electron chi connectivity index (χ0n) is 22.1. The Hall–Kier alpha value is -3.09. The van der Waals surface area contributed by atoms with E-state index in [9.17, 15) is 8.78 Å². The van der Waals surface area contributed by atoms with Crippen LogP contribution in [0.5, 0.6) is 0 Å². The number of aromatic nitrogens is 2. The molecular weight excluding hydrogens is 461 g/mol. The van der Waals surface area contributed by atoms with Gasteiger partial charge in [0.25, 0.3) is 5.92 Å². The molecule has 192 valence electrons. The predicted octanol–water partition coefficient (Wildman–Crippen LogP) is 8.02. The first kappa shape index (κ1) is 26.0. The van der Waals surface area contributed by atoms with Crippen LogP contribution in [0.4, 0.5) is 24.7 Å². The monoisotopic (exact) mass is 496 g/mol. The van der Waals surface area contributed by atoms with E-state index in [4.69, 9.17) is 0 Å². The number of anilines is 2. The summed E-state index contributed by atoms with van der Waals surface area (Å²) in [5.74, 6) is -4.06. The van der Waals surface area contributed by atoms with Gasteiger partial charge in [-0.15, -0.1) is 0 Å². The van der Waals surface area contributed by atoms with Crippen LogP contribution in [-0.2, 0) is 11.3 Å². The maximum atomic E-state index is 15.4. The van der Waals surface area contributed by atoms with Crippen LogP contribution in [0, 0.1) is 18.7 Å². The van der Waals surface area contributed by atoms with Crippen molar-refractivity contribution in [2.75, 3.05) is 17.3 Å². The van der Waals surface area contributed by atoms with Gasteiger partial charge < -0.3 is 10.2 Å². The van der Waals surface area contributed by atoms with Gasteiger partial charge in [-0.3, -0.25) is 0 Å². The van der Waals surface area contributed by atoms with Gasteiger partial charge in [-0.2, -0.15) is 0 Å². The van der Waals surface area contributed by atoms with E-state index in [1.165, 1.54) is 25.5 Å². The number of nitrogens with zero attached hydrogens (tertiary/aromatic N) is 3. The number of nitrogens with one attached hydrogen (secondary N) is 1. The van der Waals surface area contributed by atoms with Crippen molar-refractivity contribution >= 4 is 22.4 Å². The van der Waals surface area contributed by atoms with E-state index in [-0.39, 0.29) is 11.0 Å². The Labute approximate surface area is 211 Å². The first-order valence-electron chi connectivity index (χ1n) is 12.6. The lowest BCUT2D eigenvalue weighted by Gasteiger charge is -2.29. The number of benzene rings is 2. The molecule has 0 amide bonds. The zero-order chi connectivity index (χ0) is 26.6. The summed E-state index contributed by atoms with van der Waals surface area (Å²) in [5.41, 5.74) is 3.46. The summed E-state index contributed by atoms with van der Waals surface area (Å²) < 4.78 is 44.8. The number of fused-ring (bicyclic) bond motifs is 2. The average molecular weight is 497 g/mol. The molecule has 1 atom stereocenters. The van der Waals surface area contributed by atoms with Gasteiger partial charge in [-0.25, -0.2) is 23.1 Å². The van der Waals surface area contributed by atoms with Gasteiger partial charge in [0, 0.05) is 40.7 Å². The summed E-state index contributed by atoms with van der Waals surface area (Å²) in [6.07, 6.45) is 1.80. The fraction of sp³-hybridized carbons (Fsp3) is 0.448.